The smallest absolute Gasteiger partial charge is 0.323 e. The Kier molecular flexibility index (Phi) is 4.36. The zero-order valence-electron chi connectivity index (χ0n) is 10.4. The third-order valence-electron chi connectivity index (χ3n) is 2.37. The second kappa shape index (κ2) is 5.77. The summed E-state index contributed by atoms with van der Waals surface area (Å²) in [4.78, 5) is 26.2. The Morgan fingerprint density at radius 1 is 1.68 bits per heavy atom. The molecule has 1 rings (SSSR count). The van der Waals surface area contributed by atoms with Gasteiger partial charge in [-0.25, -0.2) is 4.98 Å². The van der Waals surface area contributed by atoms with Gasteiger partial charge in [0.05, 0.1) is 10.5 Å². The van der Waals surface area contributed by atoms with Gasteiger partial charge in [0.2, 0.25) is 5.82 Å². The van der Waals surface area contributed by atoms with Gasteiger partial charge in [-0.05, 0) is 13.8 Å². The summed E-state index contributed by atoms with van der Waals surface area (Å²) in [7, 11) is 0. The summed E-state index contributed by atoms with van der Waals surface area (Å²) in [6.07, 6.45) is 1.18. The highest BCUT2D eigenvalue weighted by molar-refractivity contribution is 5.75. The first-order valence-electron chi connectivity index (χ1n) is 5.39. The van der Waals surface area contributed by atoms with Gasteiger partial charge in [-0.3, -0.25) is 14.9 Å². The number of aromatic nitrogens is 1. The topological polar surface area (TPSA) is 120 Å². The maximum Gasteiger partial charge on any atom is 0.323 e. The molecule has 1 aromatic rings. The fraction of sp³-hybridized carbons (Fsp3) is 0.364. The zero-order valence-corrected chi connectivity index (χ0v) is 10.4. The first kappa shape index (κ1) is 14.4. The van der Waals surface area contributed by atoms with E-state index in [0.717, 1.165) is 6.07 Å². The average Bonchev–Trinajstić information content (AvgIpc) is 2.34. The number of hydrogen-bond donors (Lipinski definition) is 1. The minimum absolute atomic E-state index is 0.0504. The maximum atomic E-state index is 11.0. The summed E-state index contributed by atoms with van der Waals surface area (Å²) in [6, 6.07) is 2.56. The molecule has 1 N–H and O–H groups in total. The van der Waals surface area contributed by atoms with Crippen LogP contribution < -0.4 is 4.90 Å². The first-order valence-corrected chi connectivity index (χ1v) is 5.39. The van der Waals surface area contributed by atoms with Crippen LogP contribution in [0.25, 0.3) is 0 Å². The number of carboxylic acid groups (broad SMARTS) is 1. The van der Waals surface area contributed by atoms with Gasteiger partial charge >= 0.3 is 11.7 Å². The van der Waals surface area contributed by atoms with Crippen LogP contribution in [0.3, 0.4) is 0 Å². The summed E-state index contributed by atoms with van der Waals surface area (Å²) < 4.78 is 0. The summed E-state index contributed by atoms with van der Waals surface area (Å²) in [5.41, 5.74) is -0.330. The maximum absolute atomic E-state index is 11.0. The minimum Gasteiger partial charge on any atom is -0.480 e. The Hall–Kier alpha value is -2.69. The van der Waals surface area contributed by atoms with Gasteiger partial charge in [0.1, 0.15) is 12.6 Å². The molecule has 1 aromatic heterocycles. The van der Waals surface area contributed by atoms with Crippen molar-refractivity contribution in [2.45, 2.75) is 19.9 Å². The molecule has 0 radical (unpaired) electrons. The number of nitro groups is 1. The van der Waals surface area contributed by atoms with E-state index in [0.29, 0.717) is 0 Å². The molecule has 0 amide bonds. The van der Waals surface area contributed by atoms with Gasteiger partial charge in [-0.1, -0.05) is 0 Å². The molecule has 1 heterocycles. The SMILES string of the molecule is CC(C)N(CC(=O)O)c1ncc(C#N)cc1[N+](=O)[O-]. The molecule has 100 valence electrons. The molecule has 0 fully saturated rings. The van der Waals surface area contributed by atoms with E-state index in [1.165, 1.54) is 11.1 Å². The van der Waals surface area contributed by atoms with Crippen molar-refractivity contribution >= 4 is 17.5 Å². The van der Waals surface area contributed by atoms with Crippen LogP contribution in [0, 0.1) is 21.4 Å². The van der Waals surface area contributed by atoms with Gasteiger partial charge in [-0.2, -0.15) is 5.26 Å². The van der Waals surface area contributed by atoms with E-state index >= 15 is 0 Å². The Morgan fingerprint density at radius 3 is 2.74 bits per heavy atom. The van der Waals surface area contributed by atoms with Crippen LogP contribution in [0.5, 0.6) is 0 Å². The molecule has 0 unspecified atom stereocenters. The van der Waals surface area contributed by atoms with E-state index < -0.39 is 17.4 Å². The molecule has 8 nitrogen and oxygen atoms in total. The van der Waals surface area contributed by atoms with Crippen molar-refractivity contribution in [3.8, 4) is 6.07 Å². The highest BCUT2D eigenvalue weighted by atomic mass is 16.6. The van der Waals surface area contributed by atoms with Crippen LogP contribution in [0.1, 0.15) is 19.4 Å². The van der Waals surface area contributed by atoms with Crippen molar-refractivity contribution in [1.29, 1.82) is 5.26 Å². The lowest BCUT2D eigenvalue weighted by molar-refractivity contribution is -0.384. The number of anilines is 1. The van der Waals surface area contributed by atoms with E-state index in [-0.39, 0.29) is 23.1 Å². The Morgan fingerprint density at radius 2 is 2.32 bits per heavy atom. The minimum atomic E-state index is -1.12. The third kappa shape index (κ3) is 3.38. The van der Waals surface area contributed by atoms with E-state index in [4.69, 9.17) is 10.4 Å². The van der Waals surface area contributed by atoms with Gasteiger partial charge in [0.15, 0.2) is 0 Å². The van der Waals surface area contributed by atoms with Crippen LogP contribution in [0.4, 0.5) is 11.5 Å². The largest absolute Gasteiger partial charge is 0.480 e. The molecular weight excluding hydrogens is 252 g/mol. The molecule has 8 heteroatoms. The van der Waals surface area contributed by atoms with Crippen molar-refractivity contribution in [3.05, 3.63) is 27.9 Å². The Balaban J connectivity index is 3.34. The summed E-state index contributed by atoms with van der Waals surface area (Å²) >= 11 is 0. The van der Waals surface area contributed by atoms with Gasteiger partial charge < -0.3 is 10.0 Å². The molecule has 0 spiro atoms. The number of pyridine rings is 1. The average molecular weight is 264 g/mol. The lowest BCUT2D eigenvalue weighted by atomic mass is 10.2. The van der Waals surface area contributed by atoms with Crippen molar-refractivity contribution in [1.82, 2.24) is 4.98 Å². The monoisotopic (exact) mass is 264 g/mol. The van der Waals surface area contributed by atoms with Crippen LogP contribution in [0.15, 0.2) is 12.3 Å². The van der Waals surface area contributed by atoms with Crippen LogP contribution in [-0.2, 0) is 4.79 Å². The highest BCUT2D eigenvalue weighted by Crippen LogP contribution is 2.27. The van der Waals surface area contributed by atoms with Crippen molar-refractivity contribution in [2.75, 3.05) is 11.4 Å². The number of hydrogen-bond acceptors (Lipinski definition) is 6. The fourth-order valence-electron chi connectivity index (χ4n) is 1.51. The number of carbonyl (C=O) groups is 1. The molecule has 0 aliphatic rings. The molecule has 0 atom stereocenters. The van der Waals surface area contributed by atoms with Crippen molar-refractivity contribution in [2.24, 2.45) is 0 Å². The first-order chi connectivity index (χ1) is 8.86. The highest BCUT2D eigenvalue weighted by Gasteiger charge is 2.25. The fourth-order valence-corrected chi connectivity index (χ4v) is 1.51. The molecule has 0 saturated heterocycles. The standard InChI is InChI=1S/C11H12N4O4/c1-7(2)14(6-10(16)17)11-9(15(18)19)3-8(4-12)5-13-11/h3,5,7H,6H2,1-2H3,(H,16,17). The van der Waals surface area contributed by atoms with Gasteiger partial charge in [0.25, 0.3) is 0 Å². The number of aliphatic carboxylic acids is 1. The molecule has 0 saturated carbocycles. The predicted octanol–water partition coefficient (Wildman–Crippen LogP) is 1.16. The Bertz CT molecular complexity index is 550. The van der Waals surface area contributed by atoms with E-state index in [1.807, 2.05) is 0 Å². The van der Waals surface area contributed by atoms with E-state index in [9.17, 15) is 14.9 Å². The van der Waals surface area contributed by atoms with Crippen LogP contribution >= 0.6 is 0 Å². The molecule has 0 bridgehead atoms. The zero-order chi connectivity index (χ0) is 14.6. The quantitative estimate of drug-likeness (QED) is 0.625. The lowest BCUT2D eigenvalue weighted by Gasteiger charge is -2.25. The summed E-state index contributed by atoms with van der Waals surface area (Å²) in [5, 5.41) is 28.5. The molecule has 19 heavy (non-hydrogen) atoms. The third-order valence-corrected chi connectivity index (χ3v) is 2.37. The van der Waals surface area contributed by atoms with E-state index in [1.54, 1.807) is 19.9 Å². The molecule has 0 aromatic carbocycles. The number of carboxylic acids is 1. The van der Waals surface area contributed by atoms with Crippen molar-refractivity contribution < 1.29 is 14.8 Å². The number of nitrogens with zero attached hydrogens (tertiary/aromatic N) is 4. The van der Waals surface area contributed by atoms with Crippen LogP contribution in [0.2, 0.25) is 0 Å². The second-order valence-electron chi connectivity index (χ2n) is 4.05. The van der Waals surface area contributed by atoms with Crippen molar-refractivity contribution in [3.63, 3.8) is 0 Å². The normalized spacial score (nSPS) is 10.0. The summed E-state index contributed by atoms with van der Waals surface area (Å²) in [6.45, 7) is 3.00. The second-order valence-corrected chi connectivity index (χ2v) is 4.05. The predicted molar refractivity (Wildman–Crippen MR) is 65.7 cm³/mol. The summed E-state index contributed by atoms with van der Waals surface area (Å²) in [5.74, 6) is -1.17. The van der Waals surface area contributed by atoms with Gasteiger partial charge in [-0.15, -0.1) is 0 Å². The van der Waals surface area contributed by atoms with E-state index in [2.05, 4.69) is 4.98 Å². The van der Waals surface area contributed by atoms with Crippen LogP contribution in [-0.4, -0.2) is 33.6 Å². The molecule has 0 aliphatic heterocycles. The Labute approximate surface area is 109 Å². The lowest BCUT2D eigenvalue weighted by Crippen LogP contribution is -2.36. The number of nitriles is 1. The number of rotatable bonds is 5. The molecular formula is C11H12N4O4. The molecule has 0 aliphatic carbocycles. The van der Waals surface area contributed by atoms with Gasteiger partial charge in [0, 0.05) is 18.3 Å².